The Morgan fingerprint density at radius 2 is 2.29 bits per heavy atom. The third-order valence-electron chi connectivity index (χ3n) is 2.31. The predicted molar refractivity (Wildman–Crippen MR) is 67.9 cm³/mol. The number of rotatable bonds is 3. The van der Waals surface area contributed by atoms with Crippen molar-refractivity contribution in [2.24, 2.45) is 0 Å². The molecule has 2 heterocycles. The molecule has 4 nitrogen and oxygen atoms in total. The molecule has 0 saturated heterocycles. The van der Waals surface area contributed by atoms with Crippen LogP contribution >= 0.6 is 11.3 Å². The Bertz CT molecular complexity index is 538. The van der Waals surface area contributed by atoms with E-state index in [1.54, 1.807) is 23.6 Å². The minimum Gasteiger partial charge on any atom is -0.353 e. The van der Waals surface area contributed by atoms with Gasteiger partial charge in [-0.1, -0.05) is 0 Å². The zero-order valence-corrected chi connectivity index (χ0v) is 10.5. The van der Waals surface area contributed by atoms with Crippen LogP contribution in [0.3, 0.4) is 0 Å². The van der Waals surface area contributed by atoms with E-state index >= 15 is 0 Å². The van der Waals surface area contributed by atoms with Crippen LogP contribution in [0.4, 0.5) is 5.82 Å². The molecule has 0 N–H and O–H groups in total. The monoisotopic (exact) mass is 244 g/mol. The van der Waals surface area contributed by atoms with E-state index in [4.69, 9.17) is 5.26 Å². The molecule has 0 fully saturated rings. The molecule has 0 aliphatic carbocycles. The summed E-state index contributed by atoms with van der Waals surface area (Å²) in [7, 11) is 1.96. The highest BCUT2D eigenvalue weighted by molar-refractivity contribution is 7.09. The van der Waals surface area contributed by atoms with E-state index < -0.39 is 0 Å². The molecule has 0 radical (unpaired) electrons. The van der Waals surface area contributed by atoms with Crippen LogP contribution in [-0.2, 0) is 6.54 Å². The molecule has 0 saturated carbocycles. The van der Waals surface area contributed by atoms with Crippen LogP contribution in [0.5, 0.6) is 0 Å². The van der Waals surface area contributed by atoms with E-state index in [1.165, 1.54) is 0 Å². The number of thiazole rings is 1. The lowest BCUT2D eigenvalue weighted by molar-refractivity contribution is 0.883. The second-order valence-corrected chi connectivity index (χ2v) is 4.70. The Morgan fingerprint density at radius 3 is 2.82 bits per heavy atom. The average Bonchev–Trinajstić information content (AvgIpc) is 2.75. The Labute approximate surface area is 104 Å². The molecule has 0 amide bonds. The van der Waals surface area contributed by atoms with Crippen LogP contribution in [0.2, 0.25) is 0 Å². The summed E-state index contributed by atoms with van der Waals surface area (Å²) in [6.45, 7) is 2.72. The van der Waals surface area contributed by atoms with Gasteiger partial charge in [0.1, 0.15) is 16.9 Å². The van der Waals surface area contributed by atoms with E-state index in [0.29, 0.717) is 5.56 Å². The molecule has 0 unspecified atom stereocenters. The molecule has 2 aromatic heterocycles. The molecule has 0 aliphatic rings. The molecule has 5 heteroatoms. The summed E-state index contributed by atoms with van der Waals surface area (Å²) in [4.78, 5) is 10.7. The van der Waals surface area contributed by atoms with Crippen molar-refractivity contribution in [3.63, 3.8) is 0 Å². The first kappa shape index (κ1) is 11.6. The normalized spacial score (nSPS) is 9.94. The summed E-state index contributed by atoms with van der Waals surface area (Å²) in [5, 5.41) is 11.8. The molecule has 0 aliphatic heterocycles. The summed E-state index contributed by atoms with van der Waals surface area (Å²) in [5.74, 6) is 0.844. The molecule has 2 rings (SSSR count). The highest BCUT2D eigenvalue weighted by Gasteiger charge is 2.06. The smallest absolute Gasteiger partial charge is 0.128 e. The number of nitrogens with zero attached hydrogens (tertiary/aromatic N) is 4. The van der Waals surface area contributed by atoms with E-state index in [1.807, 2.05) is 30.3 Å². The molecule has 0 bridgehead atoms. The Balaban J connectivity index is 2.09. The minimum atomic E-state index is 0.576. The lowest BCUT2D eigenvalue weighted by Crippen LogP contribution is -2.17. The molecule has 0 atom stereocenters. The van der Waals surface area contributed by atoms with Gasteiger partial charge in [0.2, 0.25) is 0 Å². The molecule has 17 heavy (non-hydrogen) atoms. The maximum atomic E-state index is 8.69. The van der Waals surface area contributed by atoms with Gasteiger partial charge in [-0.3, -0.25) is 0 Å². The fourth-order valence-corrected chi connectivity index (χ4v) is 2.26. The van der Waals surface area contributed by atoms with E-state index in [9.17, 15) is 0 Å². The Kier molecular flexibility index (Phi) is 3.35. The highest BCUT2D eigenvalue weighted by atomic mass is 32.1. The highest BCUT2D eigenvalue weighted by Crippen LogP contribution is 2.15. The van der Waals surface area contributed by atoms with Gasteiger partial charge in [0, 0.05) is 24.3 Å². The molecule has 0 spiro atoms. The van der Waals surface area contributed by atoms with Crippen LogP contribution in [0.1, 0.15) is 16.3 Å². The first-order chi connectivity index (χ1) is 8.19. The van der Waals surface area contributed by atoms with Crippen molar-refractivity contribution in [1.29, 1.82) is 5.26 Å². The number of aromatic nitrogens is 2. The standard InChI is InChI=1S/C12H12N4S/c1-9-8-17-12(15-9)7-16(2)11-4-3-10(5-13)6-14-11/h3-4,6,8H,7H2,1-2H3. The SMILES string of the molecule is Cc1csc(CN(C)c2ccc(C#N)cn2)n1. The van der Waals surface area contributed by atoms with Crippen molar-refractivity contribution in [1.82, 2.24) is 9.97 Å². The minimum absolute atomic E-state index is 0.576. The first-order valence-corrected chi connectivity index (χ1v) is 6.05. The van der Waals surface area contributed by atoms with Gasteiger partial charge in [0.05, 0.1) is 12.1 Å². The number of anilines is 1. The number of pyridine rings is 1. The second-order valence-electron chi connectivity index (χ2n) is 3.76. The third kappa shape index (κ3) is 2.80. The quantitative estimate of drug-likeness (QED) is 0.831. The number of hydrogen-bond acceptors (Lipinski definition) is 5. The lowest BCUT2D eigenvalue weighted by atomic mass is 10.3. The second kappa shape index (κ2) is 4.93. The van der Waals surface area contributed by atoms with Gasteiger partial charge < -0.3 is 4.90 Å². The Hall–Kier alpha value is -1.93. The number of nitriles is 1. The van der Waals surface area contributed by atoms with Crippen molar-refractivity contribution in [2.75, 3.05) is 11.9 Å². The van der Waals surface area contributed by atoms with Gasteiger partial charge in [-0.15, -0.1) is 11.3 Å². The van der Waals surface area contributed by atoms with Gasteiger partial charge in [0.15, 0.2) is 0 Å². The van der Waals surface area contributed by atoms with Gasteiger partial charge in [0.25, 0.3) is 0 Å². The van der Waals surface area contributed by atoms with Crippen LogP contribution in [-0.4, -0.2) is 17.0 Å². The summed E-state index contributed by atoms with van der Waals surface area (Å²) in [6, 6.07) is 5.67. The van der Waals surface area contributed by atoms with Crippen molar-refractivity contribution >= 4 is 17.2 Å². The van der Waals surface area contributed by atoms with Gasteiger partial charge in [-0.05, 0) is 19.1 Å². The van der Waals surface area contributed by atoms with Crippen molar-refractivity contribution in [2.45, 2.75) is 13.5 Å². The third-order valence-corrected chi connectivity index (χ3v) is 3.26. The van der Waals surface area contributed by atoms with Gasteiger partial charge >= 0.3 is 0 Å². The molecular formula is C12H12N4S. The van der Waals surface area contributed by atoms with Crippen LogP contribution < -0.4 is 4.90 Å². The lowest BCUT2D eigenvalue weighted by Gasteiger charge is -2.16. The molecule has 2 aromatic rings. The predicted octanol–water partition coefficient (Wildman–Crippen LogP) is 2.35. The van der Waals surface area contributed by atoms with E-state index in [-0.39, 0.29) is 0 Å². The first-order valence-electron chi connectivity index (χ1n) is 5.17. The van der Waals surface area contributed by atoms with Gasteiger partial charge in [-0.2, -0.15) is 5.26 Å². The van der Waals surface area contributed by atoms with E-state index in [2.05, 4.69) is 16.0 Å². The fourth-order valence-electron chi connectivity index (χ4n) is 1.44. The van der Waals surface area contributed by atoms with Crippen LogP contribution in [0.15, 0.2) is 23.7 Å². The average molecular weight is 244 g/mol. The van der Waals surface area contributed by atoms with Crippen molar-refractivity contribution < 1.29 is 0 Å². The topological polar surface area (TPSA) is 52.8 Å². The van der Waals surface area contributed by atoms with Gasteiger partial charge in [-0.25, -0.2) is 9.97 Å². The maximum absolute atomic E-state index is 8.69. The van der Waals surface area contributed by atoms with Crippen LogP contribution in [0.25, 0.3) is 0 Å². The largest absolute Gasteiger partial charge is 0.353 e. The van der Waals surface area contributed by atoms with Crippen molar-refractivity contribution in [3.05, 3.63) is 40.0 Å². The summed E-state index contributed by atoms with van der Waals surface area (Å²) in [5.41, 5.74) is 1.62. The van der Waals surface area contributed by atoms with Crippen LogP contribution in [0, 0.1) is 18.3 Å². The van der Waals surface area contributed by atoms with E-state index in [0.717, 1.165) is 23.1 Å². The summed E-state index contributed by atoms with van der Waals surface area (Å²) in [6.07, 6.45) is 1.58. The molecular weight excluding hydrogens is 232 g/mol. The summed E-state index contributed by atoms with van der Waals surface area (Å²) < 4.78 is 0. The summed E-state index contributed by atoms with van der Waals surface area (Å²) >= 11 is 1.65. The maximum Gasteiger partial charge on any atom is 0.128 e. The molecule has 0 aromatic carbocycles. The number of hydrogen-bond donors (Lipinski definition) is 0. The molecule has 86 valence electrons. The zero-order chi connectivity index (χ0) is 12.3. The fraction of sp³-hybridized carbons (Fsp3) is 0.250. The number of aryl methyl sites for hydroxylation is 1. The Morgan fingerprint density at radius 1 is 1.47 bits per heavy atom. The van der Waals surface area contributed by atoms with Crippen molar-refractivity contribution in [3.8, 4) is 6.07 Å². The zero-order valence-electron chi connectivity index (χ0n) is 9.71.